The van der Waals surface area contributed by atoms with Gasteiger partial charge in [-0.1, -0.05) is 42.5 Å². The number of anilines is 2. The van der Waals surface area contributed by atoms with Crippen LogP contribution in [0.5, 0.6) is 0 Å². The lowest BCUT2D eigenvalue weighted by atomic mass is 9.74. The van der Waals surface area contributed by atoms with E-state index < -0.39 is 0 Å². The highest BCUT2D eigenvalue weighted by Gasteiger charge is 2.42. The Morgan fingerprint density at radius 1 is 0.966 bits per heavy atom. The van der Waals surface area contributed by atoms with Crippen LogP contribution in [-0.4, -0.2) is 19.0 Å². The van der Waals surface area contributed by atoms with Crippen molar-refractivity contribution < 1.29 is 4.79 Å². The number of hydrogen-bond acceptors (Lipinski definition) is 2. The number of allylic oxidation sites excluding steroid dienone is 4. The molecule has 0 bridgehead atoms. The topological polar surface area (TPSA) is 32.3 Å². The summed E-state index contributed by atoms with van der Waals surface area (Å²) in [5.74, 6) is 2.20. The molecule has 29 heavy (non-hydrogen) atoms. The predicted molar refractivity (Wildman–Crippen MR) is 118 cm³/mol. The molecule has 3 nitrogen and oxygen atoms in total. The first kappa shape index (κ1) is 17.1. The number of para-hydroxylation sites is 1. The van der Waals surface area contributed by atoms with Gasteiger partial charge in [0.2, 0.25) is 0 Å². The van der Waals surface area contributed by atoms with Crippen molar-refractivity contribution in [3.8, 4) is 0 Å². The third-order valence-corrected chi connectivity index (χ3v) is 7.35. The normalized spacial score (nSPS) is 28.1. The smallest absolute Gasteiger partial charge is 0.255 e. The SMILES string of the molecule is Cc1ccccc1NC(=O)c1cc2c3c(c1)[C@@H]1C=CC[C@@H]1CN3C[C@H]1CC=C[C@H]21. The number of nitrogens with zero attached hydrogens (tertiary/aromatic N) is 1. The Morgan fingerprint density at radius 2 is 1.59 bits per heavy atom. The number of aryl methyl sites for hydroxylation is 1. The van der Waals surface area contributed by atoms with E-state index >= 15 is 0 Å². The molecule has 0 radical (unpaired) electrons. The number of carbonyl (C=O) groups is 1. The zero-order valence-electron chi connectivity index (χ0n) is 16.8. The number of hydrogen-bond donors (Lipinski definition) is 1. The minimum Gasteiger partial charge on any atom is -0.370 e. The Kier molecular flexibility index (Phi) is 3.74. The summed E-state index contributed by atoms with van der Waals surface area (Å²) in [6.45, 7) is 4.33. The first-order chi connectivity index (χ1) is 14.2. The number of rotatable bonds is 2. The summed E-state index contributed by atoms with van der Waals surface area (Å²) >= 11 is 0. The van der Waals surface area contributed by atoms with Gasteiger partial charge in [0.05, 0.1) is 0 Å². The van der Waals surface area contributed by atoms with E-state index in [0.717, 1.165) is 42.7 Å². The molecule has 4 aliphatic rings. The van der Waals surface area contributed by atoms with Gasteiger partial charge in [0, 0.05) is 41.9 Å². The van der Waals surface area contributed by atoms with E-state index in [2.05, 4.69) is 46.7 Å². The van der Waals surface area contributed by atoms with Gasteiger partial charge >= 0.3 is 0 Å². The zero-order valence-corrected chi connectivity index (χ0v) is 16.8. The fourth-order valence-electron chi connectivity index (χ4n) is 5.91. The summed E-state index contributed by atoms with van der Waals surface area (Å²) < 4.78 is 0. The molecule has 3 heteroatoms. The molecule has 2 aliphatic carbocycles. The van der Waals surface area contributed by atoms with Crippen molar-refractivity contribution in [1.82, 2.24) is 0 Å². The lowest BCUT2D eigenvalue weighted by Gasteiger charge is -2.46. The second-order valence-corrected chi connectivity index (χ2v) is 9.08. The van der Waals surface area contributed by atoms with Crippen LogP contribution in [0.3, 0.4) is 0 Å². The van der Waals surface area contributed by atoms with Crippen LogP contribution in [0.15, 0.2) is 60.7 Å². The standard InChI is InChI=1S/C26H26N2O/c1-16-6-2-3-11-24(16)27-26(29)19-12-22-20-9-4-7-17(20)14-28-15-18-8-5-10-21(18)23(13-19)25(22)28/h2-6,9-13,17-18,20-21H,7-8,14-15H2,1H3,(H,27,29)/t17-,18-,20-,21+/m1/s1. The lowest BCUT2D eigenvalue weighted by Crippen LogP contribution is -2.43. The van der Waals surface area contributed by atoms with Crippen LogP contribution in [0.2, 0.25) is 0 Å². The minimum atomic E-state index is -0.00176. The summed E-state index contributed by atoms with van der Waals surface area (Å²) in [7, 11) is 0. The maximum Gasteiger partial charge on any atom is 0.255 e. The van der Waals surface area contributed by atoms with Gasteiger partial charge in [-0.05, 0) is 66.5 Å². The Hall–Kier alpha value is -2.81. The molecule has 2 aromatic carbocycles. The van der Waals surface area contributed by atoms with Gasteiger partial charge in [0.25, 0.3) is 5.91 Å². The Bertz CT molecular complexity index is 1020. The second kappa shape index (κ2) is 6.35. The third-order valence-electron chi connectivity index (χ3n) is 7.35. The molecule has 146 valence electrons. The van der Waals surface area contributed by atoms with E-state index in [4.69, 9.17) is 0 Å². The summed E-state index contributed by atoms with van der Waals surface area (Å²) in [6, 6.07) is 12.3. The second-order valence-electron chi connectivity index (χ2n) is 9.08. The van der Waals surface area contributed by atoms with E-state index in [0.29, 0.717) is 23.7 Å². The van der Waals surface area contributed by atoms with Gasteiger partial charge in [-0.25, -0.2) is 0 Å². The van der Waals surface area contributed by atoms with E-state index in [9.17, 15) is 4.79 Å². The Morgan fingerprint density at radius 3 is 2.21 bits per heavy atom. The van der Waals surface area contributed by atoms with Crippen molar-refractivity contribution in [3.63, 3.8) is 0 Å². The molecule has 0 fully saturated rings. The minimum absolute atomic E-state index is 0.00176. The highest BCUT2D eigenvalue weighted by Crippen LogP contribution is 2.53. The first-order valence-corrected chi connectivity index (χ1v) is 10.8. The van der Waals surface area contributed by atoms with Crippen LogP contribution in [0.1, 0.15) is 51.7 Å². The molecular weight excluding hydrogens is 356 g/mol. The van der Waals surface area contributed by atoms with Gasteiger partial charge in [-0.3, -0.25) is 4.79 Å². The van der Waals surface area contributed by atoms with Gasteiger partial charge < -0.3 is 10.2 Å². The maximum absolute atomic E-state index is 13.2. The predicted octanol–water partition coefficient (Wildman–Crippen LogP) is 5.40. The molecule has 2 heterocycles. The maximum atomic E-state index is 13.2. The molecule has 6 rings (SSSR count). The van der Waals surface area contributed by atoms with Crippen molar-refractivity contribution >= 4 is 17.3 Å². The van der Waals surface area contributed by atoms with E-state index in [-0.39, 0.29) is 5.91 Å². The summed E-state index contributed by atoms with van der Waals surface area (Å²) in [5.41, 5.74) is 6.91. The van der Waals surface area contributed by atoms with E-state index in [1.165, 1.54) is 16.8 Å². The summed E-state index contributed by atoms with van der Waals surface area (Å²) in [6.07, 6.45) is 11.7. The van der Waals surface area contributed by atoms with E-state index in [1.807, 2.05) is 31.2 Å². The van der Waals surface area contributed by atoms with Crippen molar-refractivity contribution in [3.05, 3.63) is 83.0 Å². The molecule has 0 unspecified atom stereocenters. The molecule has 2 aromatic rings. The third kappa shape index (κ3) is 2.60. The first-order valence-electron chi connectivity index (χ1n) is 10.8. The number of nitrogens with one attached hydrogen (secondary N) is 1. The molecule has 0 spiro atoms. The molecule has 1 amide bonds. The van der Waals surface area contributed by atoms with Gasteiger partial charge in [0.15, 0.2) is 0 Å². The molecule has 1 N–H and O–H groups in total. The average Bonchev–Trinajstić information content (AvgIpc) is 3.39. The fraction of sp³-hybridized carbons (Fsp3) is 0.346. The summed E-state index contributed by atoms with van der Waals surface area (Å²) in [5, 5.41) is 3.14. The van der Waals surface area contributed by atoms with Crippen LogP contribution in [-0.2, 0) is 0 Å². The van der Waals surface area contributed by atoms with Gasteiger partial charge in [-0.15, -0.1) is 0 Å². The quantitative estimate of drug-likeness (QED) is 0.705. The monoisotopic (exact) mass is 382 g/mol. The lowest BCUT2D eigenvalue weighted by molar-refractivity contribution is 0.102. The number of carbonyl (C=O) groups excluding carboxylic acids is 1. The molecule has 0 saturated carbocycles. The van der Waals surface area contributed by atoms with Gasteiger partial charge in [-0.2, -0.15) is 0 Å². The summed E-state index contributed by atoms with van der Waals surface area (Å²) in [4.78, 5) is 15.9. The molecule has 0 aromatic heterocycles. The van der Waals surface area contributed by atoms with Crippen LogP contribution in [0, 0.1) is 18.8 Å². The van der Waals surface area contributed by atoms with Crippen molar-refractivity contribution in [2.45, 2.75) is 31.6 Å². The number of fused-ring (bicyclic) bond motifs is 4. The Labute approximate surface area is 172 Å². The van der Waals surface area contributed by atoms with Crippen LogP contribution >= 0.6 is 0 Å². The molecular formula is C26H26N2O. The van der Waals surface area contributed by atoms with Crippen molar-refractivity contribution in [2.75, 3.05) is 23.3 Å². The van der Waals surface area contributed by atoms with Crippen molar-refractivity contribution in [1.29, 1.82) is 0 Å². The highest BCUT2D eigenvalue weighted by atomic mass is 16.1. The molecule has 4 atom stereocenters. The average molecular weight is 383 g/mol. The zero-order chi connectivity index (χ0) is 19.5. The largest absolute Gasteiger partial charge is 0.370 e. The van der Waals surface area contributed by atoms with Crippen molar-refractivity contribution in [2.24, 2.45) is 11.8 Å². The Balaban J connectivity index is 1.46. The van der Waals surface area contributed by atoms with Crippen LogP contribution in [0.25, 0.3) is 0 Å². The molecule has 0 saturated heterocycles. The fourth-order valence-corrected chi connectivity index (χ4v) is 5.91. The number of amides is 1. The number of benzene rings is 2. The van der Waals surface area contributed by atoms with E-state index in [1.54, 1.807) is 0 Å². The molecule has 2 aliphatic heterocycles. The van der Waals surface area contributed by atoms with Crippen LogP contribution in [0.4, 0.5) is 11.4 Å². The highest BCUT2D eigenvalue weighted by molar-refractivity contribution is 6.05. The van der Waals surface area contributed by atoms with Crippen LogP contribution < -0.4 is 10.2 Å². The van der Waals surface area contributed by atoms with Gasteiger partial charge in [0.1, 0.15) is 0 Å².